The molecular weight excluding hydrogens is 777 g/mol. The lowest BCUT2D eigenvalue weighted by Gasteiger charge is -2.47. The van der Waals surface area contributed by atoms with Crippen molar-refractivity contribution in [2.75, 3.05) is 46.2 Å². The zero-order valence-electron chi connectivity index (χ0n) is 46.1. The molecule has 0 aromatic rings. The van der Waals surface area contributed by atoms with E-state index in [9.17, 15) is 0 Å². The van der Waals surface area contributed by atoms with Crippen LogP contribution in [-0.4, -0.2) is 97.7 Å². The van der Waals surface area contributed by atoms with E-state index in [2.05, 4.69) is 166 Å². The predicted octanol–water partition coefficient (Wildman–Crippen LogP) is 14.8. The fourth-order valence-electron chi connectivity index (χ4n) is 7.68. The molecule has 62 heavy (non-hydrogen) atoms. The molecule has 0 fully saturated rings. The summed E-state index contributed by atoms with van der Waals surface area (Å²) >= 11 is 0. The van der Waals surface area contributed by atoms with E-state index in [1.807, 2.05) is 0 Å². The van der Waals surface area contributed by atoms with Crippen molar-refractivity contribution in [1.29, 1.82) is 0 Å². The van der Waals surface area contributed by atoms with Gasteiger partial charge in [-0.1, -0.05) is 76.2 Å². The summed E-state index contributed by atoms with van der Waals surface area (Å²) in [6.07, 6.45) is 10.1. The molecule has 0 aliphatic carbocycles. The van der Waals surface area contributed by atoms with Crippen LogP contribution in [0.4, 0.5) is 0 Å². The SMILES string of the molecule is CCC(C)(C)OCCC(C)(C)OCCC(C)(C)C(C)(CC)COC(C)CC(C)(CC)OCCOC(C)(CC)CC(C)OC(C)(CC)C(C)(C)COC(C)(C)CCOC(C)(C)CC. The smallest absolute Gasteiger partial charge is 0.0728 e. The Kier molecular flexibility index (Phi) is 25.6. The van der Waals surface area contributed by atoms with Gasteiger partial charge in [0.1, 0.15) is 0 Å². The lowest BCUT2D eigenvalue weighted by molar-refractivity contribution is -0.194. The highest BCUT2D eigenvalue weighted by Crippen LogP contribution is 2.45. The van der Waals surface area contributed by atoms with Crippen molar-refractivity contribution in [3.8, 4) is 0 Å². The third-order valence-electron chi connectivity index (χ3n) is 15.7. The molecule has 0 aromatic carbocycles. The molecule has 374 valence electrons. The minimum atomic E-state index is -0.375. The molecule has 0 N–H and O–H groups in total. The minimum Gasteiger partial charge on any atom is -0.378 e. The maximum atomic E-state index is 6.97. The number of hydrogen-bond donors (Lipinski definition) is 0. The molecule has 8 nitrogen and oxygen atoms in total. The van der Waals surface area contributed by atoms with Crippen LogP contribution in [-0.2, 0) is 37.9 Å². The van der Waals surface area contributed by atoms with Crippen LogP contribution < -0.4 is 0 Å². The summed E-state index contributed by atoms with van der Waals surface area (Å²) in [5, 5.41) is 0. The van der Waals surface area contributed by atoms with Crippen LogP contribution in [0, 0.1) is 16.2 Å². The largest absolute Gasteiger partial charge is 0.378 e. The highest BCUT2D eigenvalue weighted by molar-refractivity contribution is 4.93. The Hall–Kier alpha value is -0.320. The zero-order valence-corrected chi connectivity index (χ0v) is 46.1. The van der Waals surface area contributed by atoms with Crippen LogP contribution >= 0.6 is 0 Å². The van der Waals surface area contributed by atoms with E-state index < -0.39 is 0 Å². The molecule has 0 aliphatic heterocycles. The van der Waals surface area contributed by atoms with Gasteiger partial charge in [-0.05, 0) is 159 Å². The zero-order chi connectivity index (χ0) is 48.5. The van der Waals surface area contributed by atoms with Gasteiger partial charge in [-0.25, -0.2) is 0 Å². The van der Waals surface area contributed by atoms with E-state index in [0.29, 0.717) is 46.2 Å². The van der Waals surface area contributed by atoms with E-state index >= 15 is 0 Å². The molecule has 8 heteroatoms. The van der Waals surface area contributed by atoms with Crippen molar-refractivity contribution in [3.63, 3.8) is 0 Å². The number of hydrogen-bond acceptors (Lipinski definition) is 8. The first-order valence-electron chi connectivity index (χ1n) is 25.2. The summed E-state index contributed by atoms with van der Waals surface area (Å²) in [4.78, 5) is 0. The average Bonchev–Trinajstić information content (AvgIpc) is 3.17. The minimum absolute atomic E-state index is 0.00203. The summed E-state index contributed by atoms with van der Waals surface area (Å²) in [5.41, 5.74) is -1.90. The van der Waals surface area contributed by atoms with Crippen LogP contribution in [0.1, 0.15) is 237 Å². The highest BCUT2D eigenvalue weighted by atomic mass is 16.6. The van der Waals surface area contributed by atoms with Crippen LogP contribution in [0.2, 0.25) is 0 Å². The van der Waals surface area contributed by atoms with Crippen molar-refractivity contribution in [2.45, 2.75) is 288 Å². The molecule has 0 aromatic heterocycles. The molecular formula is C54H110O8. The maximum Gasteiger partial charge on any atom is 0.0728 e. The Labute approximate surface area is 387 Å². The molecule has 0 saturated carbocycles. The Morgan fingerprint density at radius 1 is 0.355 bits per heavy atom. The average molecular weight is 887 g/mol. The van der Waals surface area contributed by atoms with Gasteiger partial charge in [-0.2, -0.15) is 0 Å². The fraction of sp³-hybridized carbons (Fsp3) is 1.00. The van der Waals surface area contributed by atoms with Crippen molar-refractivity contribution < 1.29 is 37.9 Å². The van der Waals surface area contributed by atoms with Crippen molar-refractivity contribution in [1.82, 2.24) is 0 Å². The summed E-state index contributed by atoms with van der Waals surface area (Å²) < 4.78 is 52.2. The lowest BCUT2D eigenvalue weighted by Crippen LogP contribution is -2.50. The van der Waals surface area contributed by atoms with Crippen LogP contribution in [0.5, 0.6) is 0 Å². The van der Waals surface area contributed by atoms with Gasteiger partial charge in [0.05, 0.1) is 91.1 Å². The van der Waals surface area contributed by atoms with E-state index in [-0.39, 0.29) is 67.7 Å². The van der Waals surface area contributed by atoms with Gasteiger partial charge >= 0.3 is 0 Å². The monoisotopic (exact) mass is 887 g/mol. The summed E-state index contributed by atoms with van der Waals surface area (Å²) in [7, 11) is 0. The first-order chi connectivity index (χ1) is 28.1. The molecule has 6 unspecified atom stereocenters. The topological polar surface area (TPSA) is 73.8 Å². The van der Waals surface area contributed by atoms with Crippen molar-refractivity contribution in [3.05, 3.63) is 0 Å². The molecule has 0 amide bonds. The molecule has 0 aliphatic rings. The van der Waals surface area contributed by atoms with Crippen LogP contribution in [0.25, 0.3) is 0 Å². The molecule has 0 heterocycles. The van der Waals surface area contributed by atoms with Gasteiger partial charge in [0, 0.05) is 24.9 Å². The molecule has 0 saturated heterocycles. The van der Waals surface area contributed by atoms with E-state index in [1.165, 1.54) is 0 Å². The molecule has 0 rings (SSSR count). The standard InChI is InChI=1S/C54H110O8/c1-25-47(13,14)56-35-32-49(17,18)58-34-31-45(9,10)51(21,27-3)42-55-43(7)39-52(22,28-4)59-37-38-60-53(23,29-5)40-44(8)62-54(24,30-6)46(11,12)41-61-50(19,20)33-36-57-48(15,16)26-2/h43-44H,25-42H2,1-24H3. The first-order valence-corrected chi connectivity index (χ1v) is 25.2. The van der Waals surface area contributed by atoms with Crippen LogP contribution in [0.15, 0.2) is 0 Å². The maximum absolute atomic E-state index is 6.97. The summed E-state index contributed by atoms with van der Waals surface area (Å²) in [5.74, 6) is 0. The van der Waals surface area contributed by atoms with Gasteiger partial charge in [-0.15, -0.1) is 0 Å². The van der Waals surface area contributed by atoms with Gasteiger partial charge < -0.3 is 37.9 Å². The number of ether oxygens (including phenoxy) is 8. The molecule has 0 radical (unpaired) electrons. The van der Waals surface area contributed by atoms with Crippen LogP contribution in [0.3, 0.4) is 0 Å². The summed E-state index contributed by atoms with van der Waals surface area (Å²) in [6.45, 7) is 57.8. The van der Waals surface area contributed by atoms with E-state index in [1.54, 1.807) is 0 Å². The Balaban J connectivity index is 5.21. The summed E-state index contributed by atoms with van der Waals surface area (Å²) in [6, 6.07) is 0. The Bertz CT molecular complexity index is 1210. The second kappa shape index (κ2) is 25.7. The Morgan fingerprint density at radius 3 is 1.16 bits per heavy atom. The van der Waals surface area contributed by atoms with Gasteiger partial charge in [0.15, 0.2) is 0 Å². The van der Waals surface area contributed by atoms with Gasteiger partial charge in [-0.3, -0.25) is 0 Å². The highest BCUT2D eigenvalue weighted by Gasteiger charge is 2.44. The fourth-order valence-corrected chi connectivity index (χ4v) is 7.68. The predicted molar refractivity (Wildman–Crippen MR) is 264 cm³/mol. The number of rotatable bonds is 37. The normalized spacial score (nSPS) is 18.8. The second-order valence-electron chi connectivity index (χ2n) is 23.9. The Morgan fingerprint density at radius 2 is 0.758 bits per heavy atom. The third kappa shape index (κ3) is 22.0. The first kappa shape index (κ1) is 61.7. The van der Waals surface area contributed by atoms with E-state index in [0.717, 1.165) is 70.6 Å². The third-order valence-corrected chi connectivity index (χ3v) is 15.7. The van der Waals surface area contributed by atoms with Crippen molar-refractivity contribution in [2.24, 2.45) is 16.2 Å². The molecule has 6 atom stereocenters. The van der Waals surface area contributed by atoms with Gasteiger partial charge in [0.2, 0.25) is 0 Å². The second-order valence-corrected chi connectivity index (χ2v) is 23.9. The molecule has 0 bridgehead atoms. The quantitative estimate of drug-likeness (QED) is 0.0571. The van der Waals surface area contributed by atoms with Gasteiger partial charge in [0.25, 0.3) is 0 Å². The van der Waals surface area contributed by atoms with Crippen molar-refractivity contribution >= 4 is 0 Å². The van der Waals surface area contributed by atoms with E-state index in [4.69, 9.17) is 37.9 Å². The lowest BCUT2D eigenvalue weighted by atomic mass is 9.64. The molecule has 0 spiro atoms.